The van der Waals surface area contributed by atoms with Crippen molar-refractivity contribution in [1.29, 1.82) is 5.26 Å². The fourth-order valence-corrected chi connectivity index (χ4v) is 5.29. The molecule has 0 fully saturated rings. The Balaban J connectivity index is 1.87. The Morgan fingerprint density at radius 1 is 1.15 bits per heavy atom. The number of hydrogen-bond acceptors (Lipinski definition) is 6. The number of aromatic nitrogens is 3. The smallest absolute Gasteiger partial charge is 0.267 e. The minimum Gasteiger partial charge on any atom is -0.383 e. The van der Waals surface area contributed by atoms with Gasteiger partial charge in [-0.15, -0.1) is 0 Å². The normalized spacial score (nSPS) is 13.3. The molecule has 8 nitrogen and oxygen atoms in total. The van der Waals surface area contributed by atoms with Gasteiger partial charge >= 0.3 is 0 Å². The van der Waals surface area contributed by atoms with Crippen LogP contribution in [0.2, 0.25) is 10.2 Å². The molecule has 0 spiro atoms. The Labute approximate surface area is 235 Å². The van der Waals surface area contributed by atoms with Crippen LogP contribution in [0.3, 0.4) is 0 Å². The summed E-state index contributed by atoms with van der Waals surface area (Å²) < 4.78 is 21.6. The molecular formula is C24H35B6FN6O2. The first-order valence-electron chi connectivity index (χ1n) is 13.2. The molecule has 1 amide bonds. The third-order valence-corrected chi connectivity index (χ3v) is 6.66. The van der Waals surface area contributed by atoms with Crippen LogP contribution in [0.4, 0.5) is 16.1 Å². The summed E-state index contributed by atoms with van der Waals surface area (Å²) in [6.45, 7) is 7.63. The van der Waals surface area contributed by atoms with Crippen LogP contribution in [0, 0.1) is 22.6 Å². The zero-order valence-electron chi connectivity index (χ0n) is 24.7. The van der Waals surface area contributed by atoms with Gasteiger partial charge in [-0.2, -0.15) is 14.8 Å². The summed E-state index contributed by atoms with van der Waals surface area (Å²) in [7, 11) is 12.8. The highest BCUT2D eigenvalue weighted by Gasteiger charge is 2.38. The lowest BCUT2D eigenvalue weighted by Crippen LogP contribution is -2.39. The summed E-state index contributed by atoms with van der Waals surface area (Å²) in [5.74, 6) is -1.63. The van der Waals surface area contributed by atoms with E-state index in [4.69, 9.17) is 15.4 Å². The summed E-state index contributed by atoms with van der Waals surface area (Å²) in [5.41, 5.74) is 8.70. The van der Waals surface area contributed by atoms with Gasteiger partial charge in [0.05, 0.1) is 53.0 Å². The molecule has 0 radical (unpaired) electrons. The third kappa shape index (κ3) is 6.66. The second-order valence-electron chi connectivity index (χ2n) is 13.6. The Morgan fingerprint density at radius 2 is 1.72 bits per heavy atom. The first-order chi connectivity index (χ1) is 17.8. The van der Waals surface area contributed by atoms with Crippen molar-refractivity contribution < 1.29 is 13.7 Å². The first kappa shape index (κ1) is 30.3. The SMILES string of the molecule is BC(B)(B)C(n1nc(-c2ccc(C(C)C(=O)Nc3onc(CC(C)(C)C)c3F)cc2)c(C#N)c1N)C(B)(B)B. The van der Waals surface area contributed by atoms with Gasteiger partial charge in [0, 0.05) is 18.0 Å². The summed E-state index contributed by atoms with van der Waals surface area (Å²) >= 11 is 0. The average molecular weight is 523 g/mol. The van der Waals surface area contributed by atoms with Crippen molar-refractivity contribution in [3.63, 3.8) is 0 Å². The molecule has 0 saturated heterocycles. The van der Waals surface area contributed by atoms with E-state index in [1.54, 1.807) is 23.7 Å². The van der Waals surface area contributed by atoms with Crippen LogP contribution >= 0.6 is 0 Å². The van der Waals surface area contributed by atoms with Crippen LogP contribution < -0.4 is 11.1 Å². The number of carbonyl (C=O) groups excluding carboxylic acids is 1. The van der Waals surface area contributed by atoms with E-state index < -0.39 is 17.6 Å². The van der Waals surface area contributed by atoms with E-state index in [1.807, 2.05) is 32.9 Å². The molecule has 2 heterocycles. The molecule has 0 aliphatic heterocycles. The number of nitrogens with zero attached hydrogens (tertiary/aromatic N) is 4. The number of amides is 1. The van der Waals surface area contributed by atoms with E-state index in [1.165, 1.54) is 0 Å². The molecular weight excluding hydrogens is 488 g/mol. The monoisotopic (exact) mass is 524 g/mol. The van der Waals surface area contributed by atoms with Gasteiger partial charge in [0.15, 0.2) is 0 Å². The maximum absolute atomic E-state index is 14.7. The molecule has 0 bridgehead atoms. The van der Waals surface area contributed by atoms with E-state index in [2.05, 4.69) is 63.6 Å². The molecule has 1 unspecified atom stereocenters. The Hall–Kier alpha value is -3.28. The van der Waals surface area contributed by atoms with Gasteiger partial charge in [-0.05, 0) is 17.9 Å². The molecule has 39 heavy (non-hydrogen) atoms. The van der Waals surface area contributed by atoms with Gasteiger partial charge < -0.3 is 10.3 Å². The molecule has 0 saturated carbocycles. The van der Waals surface area contributed by atoms with Crippen LogP contribution in [0.1, 0.15) is 56.5 Å². The van der Waals surface area contributed by atoms with Crippen molar-refractivity contribution >= 4 is 64.7 Å². The fraction of sp³-hybridized carbons (Fsp3) is 0.417. The van der Waals surface area contributed by atoms with E-state index in [9.17, 15) is 14.4 Å². The number of nitrogens with one attached hydrogen (secondary N) is 1. The lowest BCUT2D eigenvalue weighted by atomic mass is 9.27. The lowest BCUT2D eigenvalue weighted by Gasteiger charge is -2.42. The van der Waals surface area contributed by atoms with E-state index in [0.717, 1.165) is 0 Å². The quantitative estimate of drug-likeness (QED) is 0.364. The molecule has 0 aliphatic carbocycles. The highest BCUT2D eigenvalue weighted by atomic mass is 19.1. The zero-order valence-corrected chi connectivity index (χ0v) is 24.7. The lowest BCUT2D eigenvalue weighted by molar-refractivity contribution is -0.117. The van der Waals surface area contributed by atoms with Crippen LogP contribution in [-0.2, 0) is 11.2 Å². The highest BCUT2D eigenvalue weighted by molar-refractivity contribution is 6.64. The number of carbonyl (C=O) groups is 1. The van der Waals surface area contributed by atoms with Gasteiger partial charge in [0.1, 0.15) is 28.8 Å². The molecule has 15 heteroatoms. The molecule has 198 valence electrons. The number of nitrogen functional groups attached to an aromatic ring is 1. The molecule has 3 aromatic rings. The zero-order chi connectivity index (χ0) is 29.5. The number of anilines is 2. The number of nitrogens with two attached hydrogens (primary N) is 1. The number of halogens is 1. The standard InChI is InChI=1S/C24H35B6FN6O2/c1-11(19(38)34-20-16(31)15(36-39-20)9-22(2,3)4)12-5-7-13(8-6-12)17-14(10-32)18(33)37(35-17)21(23(25,26)27)24(28,29)30/h5-8,11,21H,9,25-30,33H2,1-4H3,(H,34,38). The molecule has 1 atom stereocenters. The minimum atomic E-state index is -0.651. The van der Waals surface area contributed by atoms with Gasteiger partial charge in [-0.1, -0.05) is 60.4 Å². The summed E-state index contributed by atoms with van der Waals surface area (Å²) in [6.07, 6.45) is 0.381. The van der Waals surface area contributed by atoms with Crippen molar-refractivity contribution in [2.24, 2.45) is 5.41 Å². The number of nitriles is 1. The molecule has 3 N–H and O–H groups in total. The third-order valence-electron chi connectivity index (χ3n) is 6.66. The van der Waals surface area contributed by atoms with Crippen molar-refractivity contribution in [1.82, 2.24) is 14.9 Å². The second-order valence-corrected chi connectivity index (χ2v) is 13.6. The van der Waals surface area contributed by atoms with Crippen LogP contribution in [-0.4, -0.2) is 67.9 Å². The van der Waals surface area contributed by atoms with E-state index in [-0.39, 0.29) is 33.3 Å². The highest BCUT2D eigenvalue weighted by Crippen LogP contribution is 2.45. The maximum atomic E-state index is 14.7. The van der Waals surface area contributed by atoms with Crippen molar-refractivity contribution in [2.75, 3.05) is 11.1 Å². The number of benzene rings is 1. The van der Waals surface area contributed by atoms with Crippen molar-refractivity contribution in [3.05, 3.63) is 46.9 Å². The number of hydrogen-bond donors (Lipinski definition) is 2. The Morgan fingerprint density at radius 3 is 2.21 bits per heavy atom. The van der Waals surface area contributed by atoms with Gasteiger partial charge in [0.2, 0.25) is 11.7 Å². The summed E-state index contributed by atoms with van der Waals surface area (Å²) in [4.78, 5) is 12.9. The number of rotatable bonds is 8. The Bertz CT molecular complexity index is 1380. The van der Waals surface area contributed by atoms with E-state index >= 15 is 0 Å². The van der Waals surface area contributed by atoms with E-state index in [0.29, 0.717) is 34.6 Å². The van der Waals surface area contributed by atoms with Gasteiger partial charge in [0.25, 0.3) is 5.88 Å². The summed E-state index contributed by atoms with van der Waals surface area (Å²) in [5, 5.41) is 20.7. The molecule has 1 aromatic carbocycles. The molecule has 2 aromatic heterocycles. The van der Waals surface area contributed by atoms with Crippen LogP contribution in [0.5, 0.6) is 0 Å². The van der Waals surface area contributed by atoms with Gasteiger partial charge in [-0.25, -0.2) is 4.68 Å². The predicted octanol–water partition coefficient (Wildman–Crippen LogP) is -1.05. The first-order valence-corrected chi connectivity index (χ1v) is 13.2. The summed E-state index contributed by atoms with van der Waals surface area (Å²) in [6, 6.07) is 9.37. The second kappa shape index (κ2) is 10.7. The van der Waals surface area contributed by atoms with Crippen molar-refractivity contribution in [2.45, 2.75) is 56.3 Å². The maximum Gasteiger partial charge on any atom is 0.267 e. The molecule has 3 rings (SSSR count). The topological polar surface area (TPSA) is 123 Å². The van der Waals surface area contributed by atoms with Crippen molar-refractivity contribution in [3.8, 4) is 17.3 Å². The van der Waals surface area contributed by atoms with Crippen LogP contribution in [0.25, 0.3) is 11.3 Å². The largest absolute Gasteiger partial charge is 0.383 e. The predicted molar refractivity (Wildman–Crippen MR) is 169 cm³/mol. The fourth-order valence-electron chi connectivity index (χ4n) is 5.29. The average Bonchev–Trinajstić information content (AvgIpc) is 3.29. The van der Waals surface area contributed by atoms with Gasteiger partial charge in [-0.3, -0.25) is 10.1 Å². The Kier molecular flexibility index (Phi) is 8.31. The van der Waals surface area contributed by atoms with Crippen LogP contribution in [0.15, 0.2) is 28.8 Å². The molecule has 0 aliphatic rings. The minimum absolute atomic E-state index is 0.0609.